The van der Waals surface area contributed by atoms with Crippen LogP contribution in [-0.4, -0.2) is 12.6 Å². The number of ether oxygens (including phenoxy) is 1. The molecule has 0 saturated carbocycles. The second-order valence-electron chi connectivity index (χ2n) is 5.93. The number of halogens is 2. The highest BCUT2D eigenvalue weighted by Gasteiger charge is 2.05. The molecule has 0 fully saturated rings. The standard InChI is InChI=1S/C22H18Cl2O2/c1-2-26-22(25)10-7-19-14-21(24)9-6-17(19)12-15-3-4-18-13-20(23)8-5-16(18)11-15/h3-11,13-14H,2,12H2,1H3/b10-7+. The van der Waals surface area contributed by atoms with Gasteiger partial charge in [-0.05, 0) is 71.1 Å². The van der Waals surface area contributed by atoms with Gasteiger partial charge in [-0.3, -0.25) is 0 Å². The molecule has 0 saturated heterocycles. The molecule has 0 aliphatic carbocycles. The van der Waals surface area contributed by atoms with Gasteiger partial charge in [0.05, 0.1) is 6.61 Å². The maximum absolute atomic E-state index is 11.6. The lowest BCUT2D eigenvalue weighted by Crippen LogP contribution is -1.99. The predicted molar refractivity (Wildman–Crippen MR) is 109 cm³/mol. The van der Waals surface area contributed by atoms with E-state index in [0.29, 0.717) is 11.6 Å². The fourth-order valence-electron chi connectivity index (χ4n) is 2.83. The molecule has 132 valence electrons. The first-order valence-corrected chi connectivity index (χ1v) is 9.12. The normalized spacial score (nSPS) is 11.2. The number of benzene rings is 3. The molecule has 0 N–H and O–H groups in total. The Labute approximate surface area is 163 Å². The Kier molecular flexibility index (Phi) is 5.97. The van der Waals surface area contributed by atoms with Gasteiger partial charge >= 0.3 is 5.97 Å². The topological polar surface area (TPSA) is 26.3 Å². The van der Waals surface area contributed by atoms with E-state index < -0.39 is 0 Å². The monoisotopic (exact) mass is 384 g/mol. The molecule has 0 aromatic heterocycles. The minimum Gasteiger partial charge on any atom is -0.463 e. The SMILES string of the molecule is CCOC(=O)/C=C/c1cc(Cl)ccc1Cc1ccc2cc(Cl)ccc2c1. The lowest BCUT2D eigenvalue weighted by molar-refractivity contribution is -0.137. The van der Waals surface area contributed by atoms with Crippen molar-refractivity contribution in [1.82, 2.24) is 0 Å². The molecule has 4 heteroatoms. The van der Waals surface area contributed by atoms with Crippen LogP contribution in [0.4, 0.5) is 0 Å². The fraction of sp³-hybridized carbons (Fsp3) is 0.136. The highest BCUT2D eigenvalue weighted by molar-refractivity contribution is 6.31. The van der Waals surface area contributed by atoms with Crippen molar-refractivity contribution < 1.29 is 9.53 Å². The van der Waals surface area contributed by atoms with E-state index in [2.05, 4.69) is 18.2 Å². The molecule has 3 rings (SSSR count). The molecule has 2 nitrogen and oxygen atoms in total. The third-order valence-electron chi connectivity index (χ3n) is 4.05. The van der Waals surface area contributed by atoms with Crippen LogP contribution < -0.4 is 0 Å². The lowest BCUT2D eigenvalue weighted by Gasteiger charge is -2.09. The second kappa shape index (κ2) is 8.39. The third kappa shape index (κ3) is 4.66. The van der Waals surface area contributed by atoms with Gasteiger partial charge in [-0.15, -0.1) is 0 Å². The van der Waals surface area contributed by atoms with Crippen molar-refractivity contribution in [3.05, 3.63) is 87.4 Å². The van der Waals surface area contributed by atoms with Gasteiger partial charge < -0.3 is 4.74 Å². The number of hydrogen-bond donors (Lipinski definition) is 0. The minimum atomic E-state index is -0.360. The summed E-state index contributed by atoms with van der Waals surface area (Å²) in [6.07, 6.45) is 3.92. The summed E-state index contributed by atoms with van der Waals surface area (Å²) >= 11 is 12.2. The summed E-state index contributed by atoms with van der Waals surface area (Å²) in [6.45, 7) is 2.14. The molecule has 0 amide bonds. The van der Waals surface area contributed by atoms with Crippen LogP contribution in [0.3, 0.4) is 0 Å². The Hall–Kier alpha value is -2.29. The van der Waals surface area contributed by atoms with Gasteiger partial charge in [-0.1, -0.05) is 53.5 Å². The van der Waals surface area contributed by atoms with Crippen molar-refractivity contribution in [2.75, 3.05) is 6.61 Å². The average Bonchev–Trinajstić information content (AvgIpc) is 2.62. The Bertz CT molecular complexity index is 977. The van der Waals surface area contributed by atoms with Crippen LogP contribution in [0.5, 0.6) is 0 Å². The van der Waals surface area contributed by atoms with E-state index in [1.54, 1.807) is 13.0 Å². The summed E-state index contributed by atoms with van der Waals surface area (Å²) in [5.74, 6) is -0.360. The maximum atomic E-state index is 11.6. The lowest BCUT2D eigenvalue weighted by atomic mass is 9.97. The van der Waals surface area contributed by atoms with Gasteiger partial charge in [0.2, 0.25) is 0 Å². The van der Waals surface area contributed by atoms with Gasteiger partial charge in [0.15, 0.2) is 0 Å². The first kappa shape index (κ1) is 18.5. The number of carbonyl (C=O) groups excluding carboxylic acids is 1. The number of rotatable bonds is 5. The van der Waals surface area contributed by atoms with Crippen LogP contribution in [0.2, 0.25) is 10.0 Å². The predicted octanol–water partition coefficient (Wildman–Crippen LogP) is 6.31. The van der Waals surface area contributed by atoms with Crippen LogP contribution in [0.25, 0.3) is 16.8 Å². The Balaban J connectivity index is 1.89. The number of hydrogen-bond acceptors (Lipinski definition) is 2. The van der Waals surface area contributed by atoms with E-state index in [-0.39, 0.29) is 5.97 Å². The summed E-state index contributed by atoms with van der Waals surface area (Å²) in [6, 6.07) is 17.9. The minimum absolute atomic E-state index is 0.354. The van der Waals surface area contributed by atoms with E-state index in [1.165, 1.54) is 11.6 Å². The largest absolute Gasteiger partial charge is 0.463 e. The number of esters is 1. The molecule has 0 atom stereocenters. The first-order chi connectivity index (χ1) is 12.5. The van der Waals surface area contributed by atoms with Crippen LogP contribution in [-0.2, 0) is 16.0 Å². The van der Waals surface area contributed by atoms with E-state index in [4.69, 9.17) is 27.9 Å². The van der Waals surface area contributed by atoms with Gasteiger partial charge in [-0.2, -0.15) is 0 Å². The molecule has 0 aliphatic rings. The molecular weight excluding hydrogens is 367 g/mol. The summed E-state index contributed by atoms with van der Waals surface area (Å²) in [7, 11) is 0. The number of carbonyl (C=O) groups is 1. The Morgan fingerprint density at radius 1 is 0.962 bits per heavy atom. The summed E-state index contributed by atoms with van der Waals surface area (Å²) < 4.78 is 4.94. The first-order valence-electron chi connectivity index (χ1n) is 8.36. The van der Waals surface area contributed by atoms with E-state index in [9.17, 15) is 4.79 Å². The number of fused-ring (bicyclic) bond motifs is 1. The van der Waals surface area contributed by atoms with E-state index in [0.717, 1.165) is 33.3 Å². The zero-order valence-corrected chi connectivity index (χ0v) is 15.8. The summed E-state index contributed by atoms with van der Waals surface area (Å²) in [5, 5.41) is 3.61. The van der Waals surface area contributed by atoms with Gasteiger partial charge in [-0.25, -0.2) is 4.79 Å². The quantitative estimate of drug-likeness (QED) is 0.380. The van der Waals surface area contributed by atoms with E-state index in [1.807, 2.05) is 36.4 Å². The van der Waals surface area contributed by atoms with Crippen molar-refractivity contribution in [3.8, 4) is 0 Å². The Morgan fingerprint density at radius 2 is 1.65 bits per heavy atom. The van der Waals surface area contributed by atoms with Gasteiger partial charge in [0.1, 0.15) is 0 Å². The zero-order chi connectivity index (χ0) is 18.5. The third-order valence-corrected chi connectivity index (χ3v) is 4.52. The fourth-order valence-corrected chi connectivity index (χ4v) is 3.19. The molecule has 3 aromatic carbocycles. The molecule has 0 heterocycles. The highest BCUT2D eigenvalue weighted by atomic mass is 35.5. The van der Waals surface area contributed by atoms with Crippen molar-refractivity contribution in [3.63, 3.8) is 0 Å². The highest BCUT2D eigenvalue weighted by Crippen LogP contribution is 2.24. The van der Waals surface area contributed by atoms with Gasteiger partial charge in [0, 0.05) is 16.1 Å². The molecule has 0 unspecified atom stereocenters. The average molecular weight is 385 g/mol. The van der Waals surface area contributed by atoms with Crippen molar-refractivity contribution in [2.24, 2.45) is 0 Å². The smallest absolute Gasteiger partial charge is 0.330 e. The molecule has 0 aliphatic heterocycles. The van der Waals surface area contributed by atoms with Crippen LogP contribution in [0, 0.1) is 0 Å². The van der Waals surface area contributed by atoms with Crippen LogP contribution in [0.1, 0.15) is 23.6 Å². The molecule has 0 spiro atoms. The molecular formula is C22H18Cl2O2. The van der Waals surface area contributed by atoms with Gasteiger partial charge in [0.25, 0.3) is 0 Å². The molecule has 3 aromatic rings. The summed E-state index contributed by atoms with van der Waals surface area (Å²) in [4.78, 5) is 11.6. The van der Waals surface area contributed by atoms with Crippen molar-refractivity contribution in [1.29, 1.82) is 0 Å². The molecule has 0 bridgehead atoms. The maximum Gasteiger partial charge on any atom is 0.330 e. The molecule has 26 heavy (non-hydrogen) atoms. The Morgan fingerprint density at radius 3 is 2.46 bits per heavy atom. The van der Waals surface area contributed by atoms with Crippen LogP contribution >= 0.6 is 23.2 Å². The van der Waals surface area contributed by atoms with Crippen molar-refractivity contribution >= 4 is 46.0 Å². The van der Waals surface area contributed by atoms with Crippen LogP contribution in [0.15, 0.2) is 60.7 Å². The summed E-state index contributed by atoms with van der Waals surface area (Å²) in [5.41, 5.74) is 3.16. The molecule has 0 radical (unpaired) electrons. The van der Waals surface area contributed by atoms with E-state index >= 15 is 0 Å². The second-order valence-corrected chi connectivity index (χ2v) is 6.80. The zero-order valence-electron chi connectivity index (χ0n) is 14.3. The van der Waals surface area contributed by atoms with Crippen molar-refractivity contribution in [2.45, 2.75) is 13.3 Å².